The number of carbonyl (C=O) groups excluding carboxylic acids is 2. The lowest BCUT2D eigenvalue weighted by molar-refractivity contribution is -0.161. The molecule has 0 aromatic carbocycles. The minimum absolute atomic E-state index is 0.113. The predicted molar refractivity (Wildman–Crippen MR) is 183 cm³/mol. The number of aliphatic hydroxyl groups is 2. The topological polar surface area (TPSA) is 93.1 Å². The summed E-state index contributed by atoms with van der Waals surface area (Å²) in [7, 11) is 0. The summed E-state index contributed by atoms with van der Waals surface area (Å²) in [6.07, 6.45) is 37.7. The van der Waals surface area contributed by atoms with E-state index in [9.17, 15) is 19.8 Å². The first-order valence-corrected chi connectivity index (χ1v) is 17.8. The lowest BCUT2D eigenvalue weighted by Crippen LogP contribution is -2.28. The van der Waals surface area contributed by atoms with Gasteiger partial charge in [-0.25, -0.2) is 0 Å². The Labute approximate surface area is 270 Å². The van der Waals surface area contributed by atoms with Crippen LogP contribution in [0.2, 0.25) is 0 Å². The fraction of sp³-hybridized carbons (Fsp3) is 0.737. The van der Waals surface area contributed by atoms with Gasteiger partial charge < -0.3 is 19.7 Å². The van der Waals surface area contributed by atoms with Crippen molar-refractivity contribution in [2.24, 2.45) is 0 Å². The molecule has 2 atom stereocenters. The van der Waals surface area contributed by atoms with Crippen molar-refractivity contribution in [3.05, 3.63) is 48.6 Å². The Kier molecular flexibility index (Phi) is 32.0. The van der Waals surface area contributed by atoms with E-state index in [0.717, 1.165) is 38.5 Å². The van der Waals surface area contributed by atoms with Crippen LogP contribution in [0.5, 0.6) is 0 Å². The quantitative estimate of drug-likeness (QED) is 0.0348. The molecule has 0 aliphatic carbocycles. The summed E-state index contributed by atoms with van der Waals surface area (Å²) in [5, 5.41) is 19.5. The smallest absolute Gasteiger partial charge is 0.306 e. The van der Waals surface area contributed by atoms with Gasteiger partial charge in [0, 0.05) is 12.8 Å². The first-order chi connectivity index (χ1) is 21.5. The summed E-state index contributed by atoms with van der Waals surface area (Å²) in [5.41, 5.74) is 0. The number of allylic oxidation sites excluding steroid dienone is 6. The summed E-state index contributed by atoms with van der Waals surface area (Å²) in [4.78, 5) is 24.1. The summed E-state index contributed by atoms with van der Waals surface area (Å²) in [6.45, 7) is 3.96. The molecule has 0 heterocycles. The van der Waals surface area contributed by atoms with Crippen molar-refractivity contribution in [2.75, 3.05) is 13.2 Å². The van der Waals surface area contributed by atoms with Gasteiger partial charge in [-0.05, 0) is 44.9 Å². The lowest BCUT2D eigenvalue weighted by Gasteiger charge is -2.15. The van der Waals surface area contributed by atoms with Gasteiger partial charge in [-0.1, -0.05) is 146 Å². The molecule has 2 N–H and O–H groups in total. The highest BCUT2D eigenvalue weighted by Crippen LogP contribution is 2.13. The SMILES string of the molecule is CCCCC/C=C\C[C@@H](O)/C=C/C=C\C/C=C\CCCC(=O)OC[C@H](CO)OC(=O)CCCCCCCCCCCCCC. The highest BCUT2D eigenvalue weighted by molar-refractivity contribution is 5.70. The Morgan fingerprint density at radius 2 is 1.20 bits per heavy atom. The molecule has 0 unspecified atom stereocenters. The highest BCUT2D eigenvalue weighted by Gasteiger charge is 2.16. The zero-order valence-electron chi connectivity index (χ0n) is 28.3. The molecule has 0 amide bonds. The Morgan fingerprint density at radius 1 is 0.636 bits per heavy atom. The normalized spacial score (nSPS) is 13.5. The molecule has 0 fully saturated rings. The molecule has 6 heteroatoms. The van der Waals surface area contributed by atoms with Gasteiger partial charge in [-0.2, -0.15) is 0 Å². The van der Waals surface area contributed by atoms with Gasteiger partial charge in [0.2, 0.25) is 0 Å². The van der Waals surface area contributed by atoms with Crippen LogP contribution in [0.25, 0.3) is 0 Å². The maximum absolute atomic E-state index is 12.1. The number of hydrogen-bond donors (Lipinski definition) is 2. The van der Waals surface area contributed by atoms with E-state index < -0.39 is 12.2 Å². The van der Waals surface area contributed by atoms with Gasteiger partial charge in [-0.3, -0.25) is 9.59 Å². The van der Waals surface area contributed by atoms with Crippen LogP contribution in [0.15, 0.2) is 48.6 Å². The number of aliphatic hydroxyl groups excluding tert-OH is 2. The van der Waals surface area contributed by atoms with Crippen LogP contribution in [-0.4, -0.2) is 47.6 Å². The van der Waals surface area contributed by atoms with Gasteiger partial charge in [-0.15, -0.1) is 0 Å². The van der Waals surface area contributed by atoms with Crippen molar-refractivity contribution in [3.63, 3.8) is 0 Å². The van der Waals surface area contributed by atoms with E-state index in [2.05, 4.69) is 19.9 Å². The molecule has 0 radical (unpaired) electrons. The molecule has 0 aliphatic rings. The molecule has 0 bridgehead atoms. The van der Waals surface area contributed by atoms with Crippen LogP contribution in [0.1, 0.15) is 155 Å². The van der Waals surface area contributed by atoms with Crippen LogP contribution in [0.3, 0.4) is 0 Å². The minimum atomic E-state index is -0.808. The second-order valence-electron chi connectivity index (χ2n) is 11.8. The van der Waals surface area contributed by atoms with Gasteiger partial charge >= 0.3 is 11.9 Å². The molecule has 0 spiro atoms. The van der Waals surface area contributed by atoms with Crippen LogP contribution >= 0.6 is 0 Å². The summed E-state index contributed by atoms with van der Waals surface area (Å²) in [5.74, 6) is -0.698. The standard InChI is InChI=1S/C38H66O6/c1-3-5-7-9-11-12-13-14-15-20-24-28-32-38(42)44-36(33-39)34-43-37(41)31-27-23-19-17-16-18-22-26-30-35(40)29-25-21-10-8-6-4-2/h17-19,21-22,25-26,30,35-36,39-40H,3-16,20,23-24,27-29,31-34H2,1-2H3/b19-17-,22-18-,25-21-,30-26+/t35-,36+/m1/s1. The summed E-state index contributed by atoms with van der Waals surface area (Å²) in [6, 6.07) is 0. The number of carbonyl (C=O) groups is 2. The second-order valence-corrected chi connectivity index (χ2v) is 11.8. The number of esters is 2. The van der Waals surface area contributed by atoms with E-state index in [-0.39, 0.29) is 31.6 Å². The molecule has 0 saturated carbocycles. The minimum Gasteiger partial charge on any atom is -0.462 e. The largest absolute Gasteiger partial charge is 0.462 e. The van der Waals surface area contributed by atoms with Crippen LogP contribution < -0.4 is 0 Å². The maximum Gasteiger partial charge on any atom is 0.306 e. The molecular weight excluding hydrogens is 552 g/mol. The zero-order valence-corrected chi connectivity index (χ0v) is 28.3. The lowest BCUT2D eigenvalue weighted by atomic mass is 10.0. The third-order valence-electron chi connectivity index (χ3n) is 7.46. The summed E-state index contributed by atoms with van der Waals surface area (Å²) >= 11 is 0. The van der Waals surface area contributed by atoms with E-state index in [1.807, 2.05) is 36.5 Å². The Balaban J connectivity index is 3.77. The Bertz CT molecular complexity index is 769. The fourth-order valence-corrected chi connectivity index (χ4v) is 4.69. The van der Waals surface area contributed by atoms with Gasteiger partial charge in [0.1, 0.15) is 6.61 Å². The van der Waals surface area contributed by atoms with Gasteiger partial charge in [0.25, 0.3) is 0 Å². The van der Waals surface area contributed by atoms with Crippen molar-refractivity contribution in [3.8, 4) is 0 Å². The van der Waals surface area contributed by atoms with E-state index in [1.54, 1.807) is 6.08 Å². The van der Waals surface area contributed by atoms with Crippen LogP contribution in [0.4, 0.5) is 0 Å². The molecule has 44 heavy (non-hydrogen) atoms. The number of unbranched alkanes of at least 4 members (excludes halogenated alkanes) is 15. The average molecular weight is 619 g/mol. The molecule has 0 aliphatic heterocycles. The molecule has 0 aromatic rings. The predicted octanol–water partition coefficient (Wildman–Crippen LogP) is 9.64. The van der Waals surface area contributed by atoms with Crippen molar-refractivity contribution in [1.29, 1.82) is 0 Å². The van der Waals surface area contributed by atoms with E-state index >= 15 is 0 Å². The summed E-state index contributed by atoms with van der Waals surface area (Å²) < 4.78 is 10.5. The van der Waals surface area contributed by atoms with E-state index in [0.29, 0.717) is 19.3 Å². The molecule has 6 nitrogen and oxygen atoms in total. The first kappa shape index (κ1) is 41.8. The average Bonchev–Trinajstić information content (AvgIpc) is 3.02. The number of rotatable bonds is 31. The van der Waals surface area contributed by atoms with Crippen molar-refractivity contribution in [1.82, 2.24) is 0 Å². The third kappa shape index (κ3) is 31.3. The highest BCUT2D eigenvalue weighted by atomic mass is 16.6. The van der Waals surface area contributed by atoms with Crippen molar-refractivity contribution in [2.45, 2.75) is 167 Å². The Morgan fingerprint density at radius 3 is 1.86 bits per heavy atom. The molecular formula is C38H66O6. The van der Waals surface area contributed by atoms with Crippen LogP contribution in [0, 0.1) is 0 Å². The van der Waals surface area contributed by atoms with Gasteiger partial charge in [0.15, 0.2) is 6.10 Å². The Hall–Kier alpha value is -2.18. The molecule has 0 aromatic heterocycles. The van der Waals surface area contributed by atoms with E-state index in [1.165, 1.54) is 77.0 Å². The maximum atomic E-state index is 12.1. The first-order valence-electron chi connectivity index (χ1n) is 17.8. The van der Waals surface area contributed by atoms with Gasteiger partial charge in [0.05, 0.1) is 12.7 Å². The van der Waals surface area contributed by atoms with Crippen LogP contribution in [-0.2, 0) is 19.1 Å². The molecule has 254 valence electrons. The molecule has 0 saturated heterocycles. The van der Waals surface area contributed by atoms with Crippen molar-refractivity contribution < 1.29 is 29.3 Å². The number of ether oxygens (including phenoxy) is 2. The third-order valence-corrected chi connectivity index (χ3v) is 7.46. The molecule has 0 rings (SSSR count). The monoisotopic (exact) mass is 618 g/mol. The zero-order chi connectivity index (χ0) is 32.4. The fourth-order valence-electron chi connectivity index (χ4n) is 4.69. The van der Waals surface area contributed by atoms with Crippen molar-refractivity contribution >= 4 is 11.9 Å². The number of hydrogen-bond acceptors (Lipinski definition) is 6. The second kappa shape index (κ2) is 33.7. The van der Waals surface area contributed by atoms with E-state index in [4.69, 9.17) is 9.47 Å².